The second-order valence-electron chi connectivity index (χ2n) is 6.77. The molecule has 0 unspecified atom stereocenters. The fourth-order valence-corrected chi connectivity index (χ4v) is 3.63. The van der Waals surface area contributed by atoms with Crippen LogP contribution in [0.2, 0.25) is 0 Å². The van der Waals surface area contributed by atoms with Crippen LogP contribution in [0, 0.1) is 6.92 Å². The molecule has 0 saturated carbocycles. The molecule has 0 aromatic carbocycles. The van der Waals surface area contributed by atoms with Crippen LogP contribution >= 0.6 is 0 Å². The third kappa shape index (κ3) is 3.21. The second-order valence-corrected chi connectivity index (χ2v) is 6.77. The topological polar surface area (TPSA) is 114 Å². The Hall–Kier alpha value is -2.39. The Labute approximate surface area is 156 Å². The lowest BCUT2D eigenvalue weighted by Gasteiger charge is -2.17. The SMILES string of the molecule is Cc1ncnc2c1c(CCc1ccccn1)cn2[C@@H]1O[C@H](CO)[C@@H](O)[C@H]1O. The number of hydrogen-bond donors (Lipinski definition) is 3. The van der Waals surface area contributed by atoms with Crippen LogP contribution in [0.5, 0.6) is 0 Å². The average Bonchev–Trinajstić information content (AvgIpc) is 3.20. The Bertz CT molecular complexity index is 930. The van der Waals surface area contributed by atoms with Gasteiger partial charge >= 0.3 is 0 Å². The summed E-state index contributed by atoms with van der Waals surface area (Å²) in [6.07, 6.45) is 2.64. The van der Waals surface area contributed by atoms with E-state index < -0.39 is 24.5 Å². The minimum absolute atomic E-state index is 0.367. The van der Waals surface area contributed by atoms with Gasteiger partial charge in [0.05, 0.1) is 12.3 Å². The third-order valence-corrected chi connectivity index (χ3v) is 5.05. The number of hydrogen-bond acceptors (Lipinski definition) is 7. The van der Waals surface area contributed by atoms with Crippen molar-refractivity contribution in [3.05, 3.63) is 53.9 Å². The monoisotopic (exact) mass is 370 g/mol. The van der Waals surface area contributed by atoms with Crippen molar-refractivity contribution in [2.75, 3.05) is 6.61 Å². The van der Waals surface area contributed by atoms with Gasteiger partial charge in [-0.15, -0.1) is 0 Å². The molecule has 4 heterocycles. The van der Waals surface area contributed by atoms with Crippen LogP contribution in [0.1, 0.15) is 23.2 Å². The number of rotatable bonds is 5. The van der Waals surface area contributed by atoms with Crippen molar-refractivity contribution >= 4 is 11.0 Å². The van der Waals surface area contributed by atoms with Crippen molar-refractivity contribution in [2.45, 2.75) is 44.3 Å². The predicted molar refractivity (Wildman–Crippen MR) is 96.9 cm³/mol. The molecule has 4 rings (SSSR count). The van der Waals surface area contributed by atoms with E-state index in [9.17, 15) is 15.3 Å². The fraction of sp³-hybridized carbons (Fsp3) is 0.421. The van der Waals surface area contributed by atoms with Crippen molar-refractivity contribution in [1.82, 2.24) is 19.5 Å². The van der Waals surface area contributed by atoms with Crippen LogP contribution in [0.25, 0.3) is 11.0 Å². The molecule has 8 nitrogen and oxygen atoms in total. The Kier molecular flexibility index (Phi) is 4.88. The summed E-state index contributed by atoms with van der Waals surface area (Å²) in [7, 11) is 0. The first-order chi connectivity index (χ1) is 13.1. The Morgan fingerprint density at radius 1 is 1.11 bits per heavy atom. The Balaban J connectivity index is 1.71. The van der Waals surface area contributed by atoms with Gasteiger partial charge in [-0.25, -0.2) is 9.97 Å². The maximum Gasteiger partial charge on any atom is 0.164 e. The number of ether oxygens (including phenoxy) is 1. The smallest absolute Gasteiger partial charge is 0.164 e. The number of aromatic nitrogens is 4. The molecule has 0 spiro atoms. The van der Waals surface area contributed by atoms with Crippen molar-refractivity contribution in [3.8, 4) is 0 Å². The molecule has 0 aliphatic carbocycles. The van der Waals surface area contributed by atoms with E-state index in [0.717, 1.165) is 35.2 Å². The van der Waals surface area contributed by atoms with Crippen LogP contribution < -0.4 is 0 Å². The molecule has 0 amide bonds. The van der Waals surface area contributed by atoms with Crippen LogP contribution in [-0.4, -0.2) is 59.8 Å². The minimum atomic E-state index is -1.16. The summed E-state index contributed by atoms with van der Waals surface area (Å²) in [5.74, 6) is 0. The largest absolute Gasteiger partial charge is 0.394 e. The zero-order chi connectivity index (χ0) is 19.0. The second kappa shape index (κ2) is 7.32. The van der Waals surface area contributed by atoms with Crippen LogP contribution in [0.4, 0.5) is 0 Å². The lowest BCUT2D eigenvalue weighted by Crippen LogP contribution is -2.33. The minimum Gasteiger partial charge on any atom is -0.394 e. The van der Waals surface area contributed by atoms with Gasteiger partial charge in [0.25, 0.3) is 0 Å². The molecular formula is C19H22N4O4. The van der Waals surface area contributed by atoms with Gasteiger partial charge in [-0.1, -0.05) is 6.07 Å². The average molecular weight is 370 g/mol. The highest BCUT2D eigenvalue weighted by Gasteiger charge is 2.44. The van der Waals surface area contributed by atoms with Gasteiger partial charge in [-0.05, 0) is 37.5 Å². The predicted octanol–water partition coefficient (Wildman–Crippen LogP) is 0.531. The maximum atomic E-state index is 10.4. The lowest BCUT2D eigenvalue weighted by atomic mass is 10.1. The van der Waals surface area contributed by atoms with Gasteiger partial charge in [0.15, 0.2) is 6.23 Å². The summed E-state index contributed by atoms with van der Waals surface area (Å²) in [5.41, 5.74) is 3.47. The molecule has 142 valence electrons. The van der Waals surface area contributed by atoms with E-state index in [0.29, 0.717) is 5.65 Å². The molecule has 1 fully saturated rings. The number of pyridine rings is 1. The Morgan fingerprint density at radius 3 is 2.67 bits per heavy atom. The van der Waals surface area contributed by atoms with Gasteiger partial charge in [0.2, 0.25) is 0 Å². The molecule has 0 bridgehead atoms. The number of aliphatic hydroxyl groups excluding tert-OH is 3. The zero-order valence-corrected chi connectivity index (χ0v) is 14.9. The summed E-state index contributed by atoms with van der Waals surface area (Å²) >= 11 is 0. The quantitative estimate of drug-likeness (QED) is 0.600. The number of fused-ring (bicyclic) bond motifs is 1. The van der Waals surface area contributed by atoms with Gasteiger partial charge in [-0.3, -0.25) is 4.98 Å². The number of aryl methyl sites for hydroxylation is 3. The van der Waals surface area contributed by atoms with Crippen molar-refractivity contribution in [1.29, 1.82) is 0 Å². The van der Waals surface area contributed by atoms with Crippen LogP contribution in [0.3, 0.4) is 0 Å². The summed E-state index contributed by atoms with van der Waals surface area (Å²) in [6.45, 7) is 1.55. The fourth-order valence-electron chi connectivity index (χ4n) is 3.63. The van der Waals surface area contributed by atoms with E-state index in [1.54, 1.807) is 10.8 Å². The standard InChI is InChI=1S/C19H22N4O4/c1-11-15-12(5-6-13-4-2-3-7-20-13)8-23(18(15)22-10-21-11)19-17(26)16(25)14(9-24)27-19/h2-4,7-8,10,14,16-17,19,24-26H,5-6,9H2,1H3/t14-,16-,17-,19-/m1/s1. The first-order valence-electron chi connectivity index (χ1n) is 8.93. The molecule has 3 aromatic rings. The summed E-state index contributed by atoms with van der Waals surface area (Å²) in [5, 5.41) is 30.7. The summed E-state index contributed by atoms with van der Waals surface area (Å²) < 4.78 is 7.41. The first kappa shape index (κ1) is 18.0. The molecule has 0 radical (unpaired) electrons. The van der Waals surface area contributed by atoms with E-state index in [-0.39, 0.29) is 6.61 Å². The van der Waals surface area contributed by atoms with E-state index in [1.165, 1.54) is 6.33 Å². The normalized spacial score (nSPS) is 25.3. The van der Waals surface area contributed by atoms with E-state index in [1.807, 2.05) is 31.3 Å². The molecule has 1 aliphatic rings. The van der Waals surface area contributed by atoms with Gasteiger partial charge in [0, 0.05) is 23.5 Å². The first-order valence-corrected chi connectivity index (χ1v) is 8.93. The molecular weight excluding hydrogens is 348 g/mol. The van der Waals surface area contributed by atoms with Crippen molar-refractivity contribution in [3.63, 3.8) is 0 Å². The van der Waals surface area contributed by atoms with E-state index in [2.05, 4.69) is 15.0 Å². The summed E-state index contributed by atoms with van der Waals surface area (Å²) in [4.78, 5) is 13.0. The highest BCUT2D eigenvalue weighted by atomic mass is 16.6. The molecule has 8 heteroatoms. The highest BCUT2D eigenvalue weighted by Crippen LogP contribution is 2.34. The molecule has 27 heavy (non-hydrogen) atoms. The third-order valence-electron chi connectivity index (χ3n) is 5.05. The highest BCUT2D eigenvalue weighted by molar-refractivity contribution is 5.82. The van der Waals surface area contributed by atoms with Gasteiger partial charge in [-0.2, -0.15) is 0 Å². The maximum absolute atomic E-state index is 10.4. The molecule has 3 N–H and O–H groups in total. The van der Waals surface area contributed by atoms with E-state index >= 15 is 0 Å². The lowest BCUT2D eigenvalue weighted by molar-refractivity contribution is -0.0509. The number of aliphatic hydroxyl groups is 3. The molecule has 1 saturated heterocycles. The van der Waals surface area contributed by atoms with Crippen molar-refractivity contribution in [2.24, 2.45) is 0 Å². The number of nitrogens with zero attached hydrogens (tertiary/aromatic N) is 4. The van der Waals surface area contributed by atoms with Gasteiger partial charge < -0.3 is 24.6 Å². The molecule has 3 aromatic heterocycles. The van der Waals surface area contributed by atoms with Crippen LogP contribution in [0.15, 0.2) is 36.9 Å². The Morgan fingerprint density at radius 2 is 1.96 bits per heavy atom. The van der Waals surface area contributed by atoms with E-state index in [4.69, 9.17) is 4.74 Å². The zero-order valence-electron chi connectivity index (χ0n) is 14.9. The van der Waals surface area contributed by atoms with Crippen molar-refractivity contribution < 1.29 is 20.1 Å². The van der Waals surface area contributed by atoms with Gasteiger partial charge in [0.1, 0.15) is 30.3 Å². The molecule has 4 atom stereocenters. The van der Waals surface area contributed by atoms with Crippen LogP contribution in [-0.2, 0) is 17.6 Å². The summed E-state index contributed by atoms with van der Waals surface area (Å²) in [6, 6.07) is 5.82. The molecule has 1 aliphatic heterocycles.